The molecule has 1 unspecified atom stereocenters. The van der Waals surface area contributed by atoms with Gasteiger partial charge in [-0.15, -0.1) is 0 Å². The summed E-state index contributed by atoms with van der Waals surface area (Å²) in [5.74, 6) is 0.346. The van der Waals surface area contributed by atoms with Crippen LogP contribution >= 0.6 is 15.9 Å². The van der Waals surface area contributed by atoms with Gasteiger partial charge in [0.1, 0.15) is 22.4 Å². The molecule has 0 saturated heterocycles. The number of nitro benzene ring substituents is 1. The number of ether oxygens (including phenoxy) is 1. The van der Waals surface area contributed by atoms with Crippen molar-refractivity contribution in [3.8, 4) is 11.8 Å². The van der Waals surface area contributed by atoms with Gasteiger partial charge in [0.15, 0.2) is 0 Å². The third kappa shape index (κ3) is 4.18. The molecule has 0 aromatic heterocycles. The second-order valence-electron chi connectivity index (χ2n) is 4.51. The van der Waals surface area contributed by atoms with Gasteiger partial charge in [0.2, 0.25) is 0 Å². The minimum Gasteiger partial charge on any atom is -0.489 e. The smallest absolute Gasteiger partial charge is 0.287 e. The molecule has 0 spiro atoms. The largest absolute Gasteiger partial charge is 0.489 e. The molecule has 0 saturated carbocycles. The van der Waals surface area contributed by atoms with Gasteiger partial charge < -0.3 is 4.74 Å². The molecule has 1 aromatic carbocycles. The molecule has 1 N–H and O–H groups in total. The van der Waals surface area contributed by atoms with E-state index in [4.69, 9.17) is 4.74 Å². The minimum absolute atomic E-state index is 0.0670. The summed E-state index contributed by atoms with van der Waals surface area (Å²) in [5.41, 5.74) is -0.900. The summed E-state index contributed by atoms with van der Waals surface area (Å²) < 4.78 is 5.82. The lowest BCUT2D eigenvalue weighted by atomic mass is 10.1. The van der Waals surface area contributed by atoms with Crippen LogP contribution in [-0.4, -0.2) is 23.6 Å². The minimum atomic E-state index is -0.833. The molecule has 108 valence electrons. The molecule has 20 heavy (non-hydrogen) atoms. The van der Waals surface area contributed by atoms with Crippen molar-refractivity contribution >= 4 is 21.6 Å². The molecule has 6 nitrogen and oxygen atoms in total. The summed E-state index contributed by atoms with van der Waals surface area (Å²) in [6, 6.07) is 6.70. The van der Waals surface area contributed by atoms with Crippen LogP contribution in [0.15, 0.2) is 22.7 Å². The van der Waals surface area contributed by atoms with Crippen molar-refractivity contribution in [1.29, 1.82) is 5.26 Å². The van der Waals surface area contributed by atoms with E-state index < -0.39 is 10.5 Å². The van der Waals surface area contributed by atoms with E-state index in [0.717, 1.165) is 6.42 Å². The Morgan fingerprint density at radius 3 is 2.85 bits per heavy atom. The van der Waals surface area contributed by atoms with Crippen molar-refractivity contribution in [2.75, 3.05) is 13.2 Å². The molecule has 0 heterocycles. The summed E-state index contributed by atoms with van der Waals surface area (Å²) >= 11 is 3.15. The van der Waals surface area contributed by atoms with E-state index in [1.807, 2.05) is 6.92 Å². The van der Waals surface area contributed by atoms with Gasteiger partial charge in [0.05, 0.1) is 11.0 Å². The first kappa shape index (κ1) is 16.4. The summed E-state index contributed by atoms with van der Waals surface area (Å²) in [6.07, 6.45) is 0.901. The fraction of sp³-hybridized carbons (Fsp3) is 0.462. The lowest BCUT2D eigenvalue weighted by Crippen LogP contribution is -2.46. The number of halogens is 1. The third-order valence-electron chi connectivity index (χ3n) is 2.67. The Morgan fingerprint density at radius 2 is 2.30 bits per heavy atom. The normalized spacial score (nSPS) is 13.3. The Balaban J connectivity index is 2.82. The molecule has 0 radical (unpaired) electrons. The average molecular weight is 342 g/mol. The highest BCUT2D eigenvalue weighted by molar-refractivity contribution is 9.10. The van der Waals surface area contributed by atoms with E-state index in [1.54, 1.807) is 19.1 Å². The maximum atomic E-state index is 10.8. The Morgan fingerprint density at radius 1 is 1.60 bits per heavy atom. The van der Waals surface area contributed by atoms with Crippen LogP contribution in [0.5, 0.6) is 5.75 Å². The zero-order valence-corrected chi connectivity index (χ0v) is 12.9. The molecule has 0 aliphatic rings. The highest BCUT2D eigenvalue weighted by Crippen LogP contribution is 2.34. The van der Waals surface area contributed by atoms with Gasteiger partial charge in [-0.05, 0) is 41.9 Å². The van der Waals surface area contributed by atoms with Crippen molar-refractivity contribution in [3.63, 3.8) is 0 Å². The zero-order chi connectivity index (χ0) is 15.2. The highest BCUT2D eigenvalue weighted by Gasteiger charge is 2.25. The number of hydrogen-bond donors (Lipinski definition) is 1. The molecule has 1 rings (SSSR count). The number of nitrogens with one attached hydrogen (secondary N) is 1. The molecule has 0 fully saturated rings. The van der Waals surface area contributed by atoms with Gasteiger partial charge in [0.25, 0.3) is 5.69 Å². The standard InChI is InChI=1S/C13H16BrN3O3/c1-3-7-16-13(2,8-15)9-20-11-6-4-5-10(12(11)14)17(18)19/h4-6,16H,3,7,9H2,1-2H3. The number of nitriles is 1. The lowest BCUT2D eigenvalue weighted by Gasteiger charge is -2.23. The van der Waals surface area contributed by atoms with E-state index in [-0.39, 0.29) is 16.8 Å². The SMILES string of the molecule is CCCNC(C)(C#N)COc1cccc([N+](=O)[O-])c1Br. The maximum absolute atomic E-state index is 10.8. The van der Waals surface area contributed by atoms with E-state index >= 15 is 0 Å². The van der Waals surface area contributed by atoms with Crippen LogP contribution in [0.3, 0.4) is 0 Å². The van der Waals surface area contributed by atoms with E-state index in [0.29, 0.717) is 12.3 Å². The van der Waals surface area contributed by atoms with Crippen molar-refractivity contribution < 1.29 is 9.66 Å². The highest BCUT2D eigenvalue weighted by atomic mass is 79.9. The summed E-state index contributed by atoms with van der Waals surface area (Å²) in [4.78, 5) is 10.3. The zero-order valence-electron chi connectivity index (χ0n) is 11.4. The van der Waals surface area contributed by atoms with Crippen LogP contribution in [0, 0.1) is 21.4 Å². The predicted octanol–water partition coefficient (Wildman–Crippen LogP) is 3.02. The van der Waals surface area contributed by atoms with Gasteiger partial charge in [-0.3, -0.25) is 15.4 Å². The summed E-state index contributed by atoms with van der Waals surface area (Å²) in [7, 11) is 0. The van der Waals surface area contributed by atoms with Crippen LogP contribution in [0.2, 0.25) is 0 Å². The van der Waals surface area contributed by atoms with Crippen LogP contribution in [0.25, 0.3) is 0 Å². The Kier molecular flexibility index (Phi) is 5.92. The number of nitrogens with zero attached hydrogens (tertiary/aromatic N) is 2. The van der Waals surface area contributed by atoms with E-state index in [2.05, 4.69) is 27.3 Å². The Labute approximate surface area is 126 Å². The molecule has 1 aromatic rings. The van der Waals surface area contributed by atoms with E-state index in [1.165, 1.54) is 6.07 Å². The monoisotopic (exact) mass is 341 g/mol. The van der Waals surface area contributed by atoms with Crippen LogP contribution in [0.4, 0.5) is 5.69 Å². The number of rotatable bonds is 7. The van der Waals surface area contributed by atoms with Gasteiger partial charge >= 0.3 is 0 Å². The van der Waals surface area contributed by atoms with Gasteiger partial charge in [0, 0.05) is 6.07 Å². The summed E-state index contributed by atoms with van der Waals surface area (Å²) in [5, 5.41) is 23.1. The third-order valence-corrected chi connectivity index (χ3v) is 3.46. The first-order valence-electron chi connectivity index (χ1n) is 6.15. The second-order valence-corrected chi connectivity index (χ2v) is 5.30. The molecular weight excluding hydrogens is 326 g/mol. The molecule has 7 heteroatoms. The molecule has 0 aliphatic heterocycles. The van der Waals surface area contributed by atoms with Gasteiger partial charge in [-0.1, -0.05) is 13.0 Å². The van der Waals surface area contributed by atoms with Gasteiger partial charge in [-0.2, -0.15) is 5.26 Å². The van der Waals surface area contributed by atoms with Crippen LogP contribution < -0.4 is 10.1 Å². The van der Waals surface area contributed by atoms with Crippen molar-refractivity contribution in [3.05, 3.63) is 32.8 Å². The molecule has 1 atom stereocenters. The molecular formula is C13H16BrN3O3. The van der Waals surface area contributed by atoms with Crippen molar-refractivity contribution in [1.82, 2.24) is 5.32 Å². The summed E-state index contributed by atoms with van der Waals surface area (Å²) in [6.45, 7) is 4.53. The van der Waals surface area contributed by atoms with Crippen LogP contribution in [0.1, 0.15) is 20.3 Å². The average Bonchev–Trinajstić information content (AvgIpc) is 2.43. The fourth-order valence-electron chi connectivity index (χ4n) is 1.50. The number of hydrogen-bond acceptors (Lipinski definition) is 5. The first-order chi connectivity index (χ1) is 9.43. The topological polar surface area (TPSA) is 88.2 Å². The molecule has 0 bridgehead atoms. The van der Waals surface area contributed by atoms with Gasteiger partial charge in [-0.25, -0.2) is 0 Å². The quantitative estimate of drug-likeness (QED) is 0.608. The second kappa shape index (κ2) is 7.22. The lowest BCUT2D eigenvalue weighted by molar-refractivity contribution is -0.385. The van der Waals surface area contributed by atoms with Crippen molar-refractivity contribution in [2.24, 2.45) is 0 Å². The number of nitro groups is 1. The van der Waals surface area contributed by atoms with Crippen molar-refractivity contribution in [2.45, 2.75) is 25.8 Å². The maximum Gasteiger partial charge on any atom is 0.287 e. The fourth-order valence-corrected chi connectivity index (χ4v) is 2.02. The first-order valence-corrected chi connectivity index (χ1v) is 6.95. The predicted molar refractivity (Wildman–Crippen MR) is 78.6 cm³/mol. The molecule has 0 amide bonds. The van der Waals surface area contributed by atoms with E-state index in [9.17, 15) is 15.4 Å². The molecule has 0 aliphatic carbocycles. The Hall–Kier alpha value is -1.65. The Bertz CT molecular complexity index is 530. The number of benzene rings is 1. The van der Waals surface area contributed by atoms with Crippen LogP contribution in [-0.2, 0) is 0 Å².